The topological polar surface area (TPSA) is 51.4 Å². The van der Waals surface area contributed by atoms with Gasteiger partial charge >= 0.3 is 0 Å². The first-order valence-electron chi connectivity index (χ1n) is 7.88. The van der Waals surface area contributed by atoms with Crippen LogP contribution < -0.4 is 10.6 Å². The molecule has 0 radical (unpaired) electrons. The van der Waals surface area contributed by atoms with E-state index in [1.165, 1.54) is 17.7 Å². The van der Waals surface area contributed by atoms with E-state index in [0.29, 0.717) is 4.99 Å². The van der Waals surface area contributed by atoms with Crippen LogP contribution in [0.2, 0.25) is 0 Å². The fourth-order valence-corrected chi connectivity index (χ4v) is 3.54. The monoisotopic (exact) mass is 305 g/mol. The van der Waals surface area contributed by atoms with Gasteiger partial charge in [-0.05, 0) is 50.7 Å². The minimum absolute atomic E-state index is 0.290. The molecule has 2 N–H and O–H groups in total. The zero-order valence-corrected chi connectivity index (χ0v) is 13.4. The molecule has 0 aromatic carbocycles. The van der Waals surface area contributed by atoms with Crippen LogP contribution in [0.3, 0.4) is 0 Å². The van der Waals surface area contributed by atoms with Crippen molar-refractivity contribution in [2.45, 2.75) is 45.1 Å². The number of thiocarbonyl (C=S) groups is 1. The van der Waals surface area contributed by atoms with Gasteiger partial charge in [-0.25, -0.2) is 4.98 Å². The smallest absolute Gasteiger partial charge is 0.139 e. The molecule has 5 heteroatoms. The number of ether oxygens (including phenoxy) is 1. The minimum atomic E-state index is 0.290. The SMILES string of the molecule is CCOC1CCCN(c2nc3c(cc2C(N)=S)CCC3)C1. The Balaban J connectivity index is 1.91. The summed E-state index contributed by atoms with van der Waals surface area (Å²) in [5.41, 5.74) is 9.42. The van der Waals surface area contributed by atoms with Crippen LogP contribution in [0.5, 0.6) is 0 Å². The van der Waals surface area contributed by atoms with Gasteiger partial charge in [-0.2, -0.15) is 0 Å². The third-order valence-corrected chi connectivity index (χ3v) is 4.60. The van der Waals surface area contributed by atoms with Crippen LogP contribution in [0, 0.1) is 0 Å². The number of nitrogens with two attached hydrogens (primary N) is 1. The molecule has 21 heavy (non-hydrogen) atoms. The summed E-state index contributed by atoms with van der Waals surface area (Å²) in [6.45, 7) is 4.70. The highest BCUT2D eigenvalue weighted by Crippen LogP contribution is 2.29. The fraction of sp³-hybridized carbons (Fsp3) is 0.625. The summed E-state index contributed by atoms with van der Waals surface area (Å²) in [6, 6.07) is 2.16. The lowest BCUT2D eigenvalue weighted by Gasteiger charge is -2.34. The van der Waals surface area contributed by atoms with Crippen LogP contribution in [-0.4, -0.2) is 35.8 Å². The molecule has 2 heterocycles. The Morgan fingerprint density at radius 2 is 2.33 bits per heavy atom. The van der Waals surface area contributed by atoms with E-state index in [1.54, 1.807) is 0 Å². The van der Waals surface area contributed by atoms with Crippen LogP contribution in [0.25, 0.3) is 0 Å². The van der Waals surface area contributed by atoms with Crippen LogP contribution in [0.4, 0.5) is 5.82 Å². The van der Waals surface area contributed by atoms with Gasteiger partial charge in [-0.3, -0.25) is 0 Å². The maximum atomic E-state index is 5.94. The highest BCUT2D eigenvalue weighted by Gasteiger charge is 2.26. The lowest BCUT2D eigenvalue weighted by atomic mass is 10.1. The third kappa shape index (κ3) is 3.04. The van der Waals surface area contributed by atoms with Gasteiger partial charge in [0.15, 0.2) is 0 Å². The molecule has 0 spiro atoms. The van der Waals surface area contributed by atoms with Gasteiger partial charge in [-0.15, -0.1) is 0 Å². The second-order valence-corrected chi connectivity index (χ2v) is 6.29. The third-order valence-electron chi connectivity index (χ3n) is 4.38. The number of hydrogen-bond acceptors (Lipinski definition) is 4. The summed E-state index contributed by atoms with van der Waals surface area (Å²) in [5.74, 6) is 0.965. The molecule has 0 bridgehead atoms. The van der Waals surface area contributed by atoms with Crippen molar-refractivity contribution in [2.24, 2.45) is 5.73 Å². The first kappa shape index (κ1) is 14.7. The summed E-state index contributed by atoms with van der Waals surface area (Å²) in [6.07, 6.45) is 5.89. The van der Waals surface area contributed by atoms with Crippen LogP contribution >= 0.6 is 12.2 Å². The van der Waals surface area contributed by atoms with Crippen LogP contribution in [0.15, 0.2) is 6.07 Å². The molecule has 1 unspecified atom stereocenters. The Labute approximate surface area is 131 Å². The molecule has 114 valence electrons. The van der Waals surface area contributed by atoms with Crippen molar-refractivity contribution in [3.05, 3.63) is 22.9 Å². The molecule has 1 saturated heterocycles. The predicted molar refractivity (Wildman–Crippen MR) is 89.0 cm³/mol. The molecule has 1 atom stereocenters. The number of aryl methyl sites for hydroxylation is 2. The second kappa shape index (κ2) is 6.28. The van der Waals surface area contributed by atoms with Crippen molar-refractivity contribution in [3.8, 4) is 0 Å². The van der Waals surface area contributed by atoms with E-state index >= 15 is 0 Å². The van der Waals surface area contributed by atoms with Gasteiger partial charge in [0.25, 0.3) is 0 Å². The molecule has 1 fully saturated rings. The maximum Gasteiger partial charge on any atom is 0.139 e. The lowest BCUT2D eigenvalue weighted by Crippen LogP contribution is -2.41. The lowest BCUT2D eigenvalue weighted by molar-refractivity contribution is 0.0525. The molecule has 2 aliphatic rings. The average molecular weight is 305 g/mol. The number of anilines is 1. The summed E-state index contributed by atoms with van der Waals surface area (Å²) >= 11 is 5.25. The Bertz CT molecular complexity index is 545. The molecule has 1 aromatic rings. The van der Waals surface area contributed by atoms with E-state index in [4.69, 9.17) is 27.7 Å². The minimum Gasteiger partial charge on any atom is -0.389 e. The van der Waals surface area contributed by atoms with E-state index in [0.717, 1.165) is 56.8 Å². The van der Waals surface area contributed by atoms with Crippen molar-refractivity contribution in [1.29, 1.82) is 0 Å². The van der Waals surface area contributed by atoms with E-state index in [-0.39, 0.29) is 6.10 Å². The first-order valence-corrected chi connectivity index (χ1v) is 8.29. The Morgan fingerprint density at radius 1 is 1.48 bits per heavy atom. The van der Waals surface area contributed by atoms with Crippen molar-refractivity contribution in [1.82, 2.24) is 4.98 Å². The molecule has 3 rings (SSSR count). The van der Waals surface area contributed by atoms with Gasteiger partial charge in [0.1, 0.15) is 10.8 Å². The zero-order valence-electron chi connectivity index (χ0n) is 12.6. The largest absolute Gasteiger partial charge is 0.389 e. The zero-order chi connectivity index (χ0) is 14.8. The number of fused-ring (bicyclic) bond motifs is 1. The Hall–Kier alpha value is -1.20. The summed E-state index contributed by atoms with van der Waals surface area (Å²) < 4.78 is 5.79. The van der Waals surface area contributed by atoms with Crippen molar-refractivity contribution in [3.63, 3.8) is 0 Å². The molecule has 1 aromatic heterocycles. The number of piperidine rings is 1. The predicted octanol–water partition coefficient (Wildman–Crippen LogP) is 2.21. The molecule has 4 nitrogen and oxygen atoms in total. The van der Waals surface area contributed by atoms with Gasteiger partial charge in [0.2, 0.25) is 0 Å². The standard InChI is InChI=1S/C16H23N3OS/c1-2-20-12-6-4-8-19(10-12)16-13(15(17)21)9-11-5-3-7-14(11)18-16/h9,12H,2-8,10H2,1H3,(H2,17,21). The quantitative estimate of drug-likeness (QED) is 0.864. The van der Waals surface area contributed by atoms with Gasteiger partial charge in [0.05, 0.1) is 11.7 Å². The molecule has 0 amide bonds. The number of aromatic nitrogens is 1. The summed E-state index contributed by atoms with van der Waals surface area (Å²) in [7, 11) is 0. The normalized spacial score (nSPS) is 21.4. The molecule has 1 aliphatic heterocycles. The van der Waals surface area contributed by atoms with Gasteiger partial charge in [0, 0.05) is 25.4 Å². The maximum absolute atomic E-state index is 5.94. The number of hydrogen-bond donors (Lipinski definition) is 1. The highest BCUT2D eigenvalue weighted by atomic mass is 32.1. The van der Waals surface area contributed by atoms with Crippen molar-refractivity contribution < 1.29 is 4.74 Å². The van der Waals surface area contributed by atoms with Crippen molar-refractivity contribution in [2.75, 3.05) is 24.6 Å². The number of nitrogens with zero attached hydrogens (tertiary/aromatic N) is 2. The van der Waals surface area contributed by atoms with E-state index in [2.05, 4.69) is 11.0 Å². The van der Waals surface area contributed by atoms with Crippen LogP contribution in [0.1, 0.15) is 43.0 Å². The summed E-state index contributed by atoms with van der Waals surface area (Å²) in [5, 5.41) is 0. The van der Waals surface area contributed by atoms with E-state index in [1.807, 2.05) is 6.92 Å². The highest BCUT2D eigenvalue weighted by molar-refractivity contribution is 7.80. The molecule has 0 saturated carbocycles. The van der Waals surface area contributed by atoms with Gasteiger partial charge < -0.3 is 15.4 Å². The number of pyridine rings is 1. The summed E-state index contributed by atoms with van der Waals surface area (Å²) in [4.78, 5) is 7.65. The first-order chi connectivity index (χ1) is 10.2. The molecule has 1 aliphatic carbocycles. The van der Waals surface area contributed by atoms with E-state index < -0.39 is 0 Å². The van der Waals surface area contributed by atoms with Crippen LogP contribution in [-0.2, 0) is 17.6 Å². The Morgan fingerprint density at radius 3 is 3.10 bits per heavy atom. The van der Waals surface area contributed by atoms with Crippen molar-refractivity contribution >= 4 is 23.0 Å². The molecular formula is C16H23N3OS. The Kier molecular flexibility index (Phi) is 4.40. The fourth-order valence-electron chi connectivity index (χ4n) is 3.39. The average Bonchev–Trinajstić information content (AvgIpc) is 2.94. The van der Waals surface area contributed by atoms with Gasteiger partial charge in [-0.1, -0.05) is 12.2 Å². The second-order valence-electron chi connectivity index (χ2n) is 5.85. The molecular weight excluding hydrogens is 282 g/mol. The number of rotatable bonds is 4. The van der Waals surface area contributed by atoms with E-state index in [9.17, 15) is 0 Å².